The Bertz CT molecular complexity index is 193. The molecule has 0 aromatic carbocycles. The van der Waals surface area contributed by atoms with Crippen molar-refractivity contribution in [3.63, 3.8) is 0 Å². The van der Waals surface area contributed by atoms with Crippen LogP contribution in [0.5, 0.6) is 0 Å². The molecule has 14 heavy (non-hydrogen) atoms. The van der Waals surface area contributed by atoms with Crippen LogP contribution in [0.4, 0.5) is 0 Å². The lowest BCUT2D eigenvalue weighted by molar-refractivity contribution is -0.141. The predicted molar refractivity (Wildman–Crippen MR) is 51.0 cm³/mol. The summed E-state index contributed by atoms with van der Waals surface area (Å²) in [6.45, 7) is 2.07. The van der Waals surface area contributed by atoms with Gasteiger partial charge in [-0.15, -0.1) is 0 Å². The third-order valence-corrected chi connectivity index (χ3v) is 1.75. The van der Waals surface area contributed by atoms with Crippen LogP contribution in [0, 0.1) is 0 Å². The minimum atomic E-state index is -1.02. The Morgan fingerprint density at radius 2 is 2.07 bits per heavy atom. The largest absolute Gasteiger partial charge is 0.480 e. The molecule has 0 rings (SSSR count). The normalized spacial score (nSPS) is 12.1. The molecule has 0 aliphatic rings. The standard InChI is InChI=1S/C9H17NO4/c1-7(9(12)13)10-8(11)5-3-4-6-14-2/h7H,3-6H2,1-2H3,(H,10,11)(H,12,13)/t7-/m0/s1. The molecule has 0 aliphatic carbocycles. The Morgan fingerprint density at radius 1 is 1.43 bits per heavy atom. The van der Waals surface area contributed by atoms with Gasteiger partial charge in [0.1, 0.15) is 6.04 Å². The number of aliphatic carboxylic acids is 1. The van der Waals surface area contributed by atoms with Crippen LogP contribution in [0.3, 0.4) is 0 Å². The molecule has 5 nitrogen and oxygen atoms in total. The molecule has 0 radical (unpaired) electrons. The molecule has 0 unspecified atom stereocenters. The lowest BCUT2D eigenvalue weighted by Gasteiger charge is -2.08. The van der Waals surface area contributed by atoms with Gasteiger partial charge in [-0.3, -0.25) is 9.59 Å². The first-order valence-electron chi connectivity index (χ1n) is 4.59. The van der Waals surface area contributed by atoms with E-state index in [1.165, 1.54) is 6.92 Å². The molecule has 0 heterocycles. The maximum absolute atomic E-state index is 11.1. The van der Waals surface area contributed by atoms with E-state index in [0.29, 0.717) is 19.4 Å². The van der Waals surface area contributed by atoms with Crippen molar-refractivity contribution in [2.24, 2.45) is 0 Å². The molecule has 0 aromatic heterocycles. The van der Waals surface area contributed by atoms with Crippen LogP contribution >= 0.6 is 0 Å². The van der Waals surface area contributed by atoms with Gasteiger partial charge in [0, 0.05) is 20.1 Å². The average Bonchev–Trinajstić information content (AvgIpc) is 2.12. The molecular formula is C9H17NO4. The fourth-order valence-electron chi connectivity index (χ4n) is 0.907. The molecule has 1 atom stereocenters. The van der Waals surface area contributed by atoms with Gasteiger partial charge in [-0.1, -0.05) is 0 Å². The average molecular weight is 203 g/mol. The lowest BCUT2D eigenvalue weighted by Crippen LogP contribution is -2.38. The van der Waals surface area contributed by atoms with E-state index in [9.17, 15) is 9.59 Å². The van der Waals surface area contributed by atoms with Crippen molar-refractivity contribution in [2.45, 2.75) is 32.2 Å². The Hall–Kier alpha value is -1.10. The van der Waals surface area contributed by atoms with Gasteiger partial charge < -0.3 is 15.2 Å². The van der Waals surface area contributed by atoms with Crippen molar-refractivity contribution in [3.8, 4) is 0 Å². The zero-order chi connectivity index (χ0) is 11.0. The highest BCUT2D eigenvalue weighted by atomic mass is 16.5. The fourth-order valence-corrected chi connectivity index (χ4v) is 0.907. The Balaban J connectivity index is 3.50. The third-order valence-electron chi connectivity index (χ3n) is 1.75. The maximum atomic E-state index is 11.1. The highest BCUT2D eigenvalue weighted by molar-refractivity contribution is 5.83. The van der Waals surface area contributed by atoms with Crippen molar-refractivity contribution < 1.29 is 19.4 Å². The zero-order valence-corrected chi connectivity index (χ0v) is 8.58. The predicted octanol–water partition coefficient (Wildman–Crippen LogP) is 0.392. The maximum Gasteiger partial charge on any atom is 0.325 e. The summed E-state index contributed by atoms with van der Waals surface area (Å²) in [4.78, 5) is 21.5. The molecule has 0 bridgehead atoms. The molecule has 1 amide bonds. The third kappa shape index (κ3) is 6.42. The van der Waals surface area contributed by atoms with Crippen molar-refractivity contribution in [2.75, 3.05) is 13.7 Å². The number of carbonyl (C=O) groups excluding carboxylic acids is 1. The summed E-state index contributed by atoms with van der Waals surface area (Å²) in [5.74, 6) is -1.24. The number of hydrogen-bond donors (Lipinski definition) is 2. The van der Waals surface area contributed by atoms with Gasteiger partial charge in [0.05, 0.1) is 0 Å². The quantitative estimate of drug-likeness (QED) is 0.587. The minimum absolute atomic E-state index is 0.226. The lowest BCUT2D eigenvalue weighted by atomic mass is 10.2. The van der Waals surface area contributed by atoms with E-state index in [2.05, 4.69) is 5.32 Å². The highest BCUT2D eigenvalue weighted by Gasteiger charge is 2.12. The molecule has 82 valence electrons. The molecule has 0 aromatic rings. The van der Waals surface area contributed by atoms with Crippen molar-refractivity contribution in [1.82, 2.24) is 5.32 Å². The van der Waals surface area contributed by atoms with E-state index in [4.69, 9.17) is 9.84 Å². The molecule has 0 fully saturated rings. The fraction of sp³-hybridized carbons (Fsp3) is 0.778. The van der Waals surface area contributed by atoms with E-state index in [-0.39, 0.29) is 5.91 Å². The van der Waals surface area contributed by atoms with Crippen molar-refractivity contribution in [1.29, 1.82) is 0 Å². The Morgan fingerprint density at radius 3 is 2.57 bits per heavy atom. The van der Waals surface area contributed by atoms with Crippen LogP contribution in [-0.4, -0.2) is 36.7 Å². The number of unbranched alkanes of at least 4 members (excludes halogenated alkanes) is 1. The molecule has 0 saturated carbocycles. The topological polar surface area (TPSA) is 75.6 Å². The molecule has 0 aliphatic heterocycles. The second kappa shape index (κ2) is 7.32. The minimum Gasteiger partial charge on any atom is -0.480 e. The smallest absolute Gasteiger partial charge is 0.325 e. The van der Waals surface area contributed by atoms with Crippen molar-refractivity contribution >= 4 is 11.9 Å². The summed E-state index contributed by atoms with van der Waals surface area (Å²) in [6.07, 6.45) is 1.87. The number of methoxy groups -OCH3 is 1. The van der Waals surface area contributed by atoms with Gasteiger partial charge in [0.25, 0.3) is 0 Å². The molecule has 2 N–H and O–H groups in total. The van der Waals surface area contributed by atoms with Gasteiger partial charge >= 0.3 is 5.97 Å². The first-order valence-corrected chi connectivity index (χ1v) is 4.59. The Kier molecular flexibility index (Phi) is 6.74. The van der Waals surface area contributed by atoms with Gasteiger partial charge in [-0.05, 0) is 19.8 Å². The van der Waals surface area contributed by atoms with Gasteiger partial charge in [-0.2, -0.15) is 0 Å². The first kappa shape index (κ1) is 12.9. The SMILES string of the molecule is COCCCCC(=O)N[C@@H](C)C(=O)O. The Labute approximate surface area is 83.4 Å². The van der Waals surface area contributed by atoms with Gasteiger partial charge in [0.2, 0.25) is 5.91 Å². The second-order valence-corrected chi connectivity index (χ2v) is 3.08. The number of nitrogens with one attached hydrogen (secondary N) is 1. The van der Waals surface area contributed by atoms with E-state index >= 15 is 0 Å². The van der Waals surface area contributed by atoms with Crippen LogP contribution in [0.1, 0.15) is 26.2 Å². The summed E-state index contributed by atoms with van der Waals surface area (Å²) in [6, 6.07) is -0.815. The van der Waals surface area contributed by atoms with Crippen LogP contribution in [0.25, 0.3) is 0 Å². The van der Waals surface area contributed by atoms with E-state index < -0.39 is 12.0 Å². The second-order valence-electron chi connectivity index (χ2n) is 3.08. The monoisotopic (exact) mass is 203 g/mol. The zero-order valence-electron chi connectivity index (χ0n) is 8.58. The summed E-state index contributed by atoms with van der Waals surface area (Å²) in [7, 11) is 1.60. The van der Waals surface area contributed by atoms with Crippen LogP contribution in [0.15, 0.2) is 0 Å². The molecule has 0 spiro atoms. The number of ether oxygens (including phenoxy) is 1. The molecule has 5 heteroatoms. The number of rotatable bonds is 7. The van der Waals surface area contributed by atoms with E-state index in [1.54, 1.807) is 7.11 Å². The van der Waals surface area contributed by atoms with Gasteiger partial charge in [0.15, 0.2) is 0 Å². The molecular weight excluding hydrogens is 186 g/mol. The van der Waals surface area contributed by atoms with Crippen LogP contribution in [0.2, 0.25) is 0 Å². The van der Waals surface area contributed by atoms with E-state index in [0.717, 1.165) is 6.42 Å². The van der Waals surface area contributed by atoms with Gasteiger partial charge in [-0.25, -0.2) is 0 Å². The number of carboxylic acid groups (broad SMARTS) is 1. The summed E-state index contributed by atoms with van der Waals surface area (Å²) >= 11 is 0. The van der Waals surface area contributed by atoms with Crippen LogP contribution in [-0.2, 0) is 14.3 Å². The number of amides is 1. The summed E-state index contributed by atoms with van der Waals surface area (Å²) in [5, 5.41) is 10.9. The first-order chi connectivity index (χ1) is 6.57. The van der Waals surface area contributed by atoms with E-state index in [1.807, 2.05) is 0 Å². The summed E-state index contributed by atoms with van der Waals surface area (Å²) < 4.78 is 4.82. The number of carbonyl (C=O) groups is 2. The highest BCUT2D eigenvalue weighted by Crippen LogP contribution is 1.96. The summed E-state index contributed by atoms with van der Waals surface area (Å²) in [5.41, 5.74) is 0. The molecule has 0 saturated heterocycles. The number of carboxylic acids is 1. The van der Waals surface area contributed by atoms with Crippen molar-refractivity contribution in [3.05, 3.63) is 0 Å². The number of hydrogen-bond acceptors (Lipinski definition) is 3. The van der Waals surface area contributed by atoms with Crippen LogP contribution < -0.4 is 5.32 Å².